The quantitative estimate of drug-likeness (QED) is 0.724. The van der Waals surface area contributed by atoms with E-state index in [1.54, 1.807) is 0 Å². The second kappa shape index (κ2) is 8.67. The number of para-hydroxylation sites is 1. The zero-order valence-electron chi connectivity index (χ0n) is 13.7. The highest BCUT2D eigenvalue weighted by Gasteiger charge is 2.18. The van der Waals surface area contributed by atoms with Gasteiger partial charge in [-0.3, -0.25) is 4.79 Å². The first-order valence-electron chi connectivity index (χ1n) is 7.58. The molecular formula is C17H28N2O2. The van der Waals surface area contributed by atoms with E-state index < -0.39 is 0 Å². The molecule has 0 aromatic heterocycles. The molecule has 118 valence electrons. The first-order chi connectivity index (χ1) is 9.95. The lowest BCUT2D eigenvalue weighted by atomic mass is 9.86. The van der Waals surface area contributed by atoms with Crippen LogP contribution in [0.2, 0.25) is 0 Å². The Morgan fingerprint density at radius 1 is 1.19 bits per heavy atom. The van der Waals surface area contributed by atoms with Gasteiger partial charge in [0.1, 0.15) is 12.4 Å². The molecule has 0 aliphatic carbocycles. The normalized spacial score (nSPS) is 11.2. The standard InChI is InChI=1S/C17H28N2O2/c1-17(2,3)14-8-5-6-9-15(14)21-13-12-19-16(20)10-7-11-18-4/h5-6,8-9,18H,7,10-13H2,1-4H3,(H,19,20). The summed E-state index contributed by atoms with van der Waals surface area (Å²) in [5.41, 5.74) is 1.23. The Labute approximate surface area is 128 Å². The van der Waals surface area contributed by atoms with Crippen LogP contribution in [-0.2, 0) is 10.2 Å². The van der Waals surface area contributed by atoms with Gasteiger partial charge in [-0.1, -0.05) is 39.0 Å². The highest BCUT2D eigenvalue weighted by Crippen LogP contribution is 2.30. The molecule has 0 radical (unpaired) electrons. The molecule has 2 N–H and O–H groups in total. The van der Waals surface area contributed by atoms with Gasteiger partial charge in [-0.15, -0.1) is 0 Å². The van der Waals surface area contributed by atoms with E-state index in [1.807, 2.05) is 25.2 Å². The van der Waals surface area contributed by atoms with Gasteiger partial charge in [0.2, 0.25) is 5.91 Å². The summed E-state index contributed by atoms with van der Waals surface area (Å²) >= 11 is 0. The molecule has 4 heteroatoms. The van der Waals surface area contributed by atoms with Gasteiger partial charge < -0.3 is 15.4 Å². The van der Waals surface area contributed by atoms with Crippen LogP contribution in [0.15, 0.2) is 24.3 Å². The van der Waals surface area contributed by atoms with E-state index in [0.717, 1.165) is 18.7 Å². The highest BCUT2D eigenvalue weighted by molar-refractivity contribution is 5.75. The van der Waals surface area contributed by atoms with Crippen LogP contribution < -0.4 is 15.4 Å². The lowest BCUT2D eigenvalue weighted by Gasteiger charge is -2.22. The van der Waals surface area contributed by atoms with Crippen LogP contribution in [-0.4, -0.2) is 32.7 Å². The first-order valence-corrected chi connectivity index (χ1v) is 7.58. The fraction of sp³-hybridized carbons (Fsp3) is 0.588. The Kier molecular flexibility index (Phi) is 7.23. The molecule has 1 aromatic carbocycles. The number of rotatable bonds is 8. The molecule has 0 aliphatic rings. The van der Waals surface area contributed by atoms with E-state index in [4.69, 9.17) is 4.74 Å². The van der Waals surface area contributed by atoms with Crippen LogP contribution in [0, 0.1) is 0 Å². The second-order valence-corrected chi connectivity index (χ2v) is 6.15. The summed E-state index contributed by atoms with van der Waals surface area (Å²) in [6, 6.07) is 8.07. The van der Waals surface area contributed by atoms with Crippen LogP contribution in [0.5, 0.6) is 5.75 Å². The maximum Gasteiger partial charge on any atom is 0.220 e. The average molecular weight is 292 g/mol. The van der Waals surface area contributed by atoms with E-state index >= 15 is 0 Å². The third-order valence-electron chi connectivity index (χ3n) is 3.21. The molecule has 0 saturated heterocycles. The van der Waals surface area contributed by atoms with E-state index in [0.29, 0.717) is 19.6 Å². The van der Waals surface area contributed by atoms with Gasteiger partial charge in [0.05, 0.1) is 6.54 Å². The minimum Gasteiger partial charge on any atom is -0.491 e. The molecule has 0 heterocycles. The van der Waals surface area contributed by atoms with Gasteiger partial charge in [0.25, 0.3) is 0 Å². The SMILES string of the molecule is CNCCCC(=O)NCCOc1ccccc1C(C)(C)C. The van der Waals surface area contributed by atoms with Crippen molar-refractivity contribution in [1.82, 2.24) is 10.6 Å². The maximum atomic E-state index is 11.6. The van der Waals surface area contributed by atoms with Crippen LogP contribution in [0.25, 0.3) is 0 Å². The zero-order valence-corrected chi connectivity index (χ0v) is 13.7. The highest BCUT2D eigenvalue weighted by atomic mass is 16.5. The lowest BCUT2D eigenvalue weighted by molar-refractivity contribution is -0.121. The van der Waals surface area contributed by atoms with Crippen LogP contribution in [0.4, 0.5) is 0 Å². The van der Waals surface area contributed by atoms with E-state index in [-0.39, 0.29) is 11.3 Å². The maximum absolute atomic E-state index is 11.6. The topological polar surface area (TPSA) is 50.4 Å². The summed E-state index contributed by atoms with van der Waals surface area (Å²) < 4.78 is 5.81. The number of carbonyl (C=O) groups excluding carboxylic acids is 1. The Morgan fingerprint density at radius 3 is 2.57 bits per heavy atom. The Hall–Kier alpha value is -1.55. The third-order valence-corrected chi connectivity index (χ3v) is 3.21. The van der Waals surface area contributed by atoms with Gasteiger partial charge in [-0.25, -0.2) is 0 Å². The fourth-order valence-corrected chi connectivity index (χ4v) is 2.08. The summed E-state index contributed by atoms with van der Waals surface area (Å²) in [4.78, 5) is 11.6. The van der Waals surface area contributed by atoms with Gasteiger partial charge in [-0.05, 0) is 37.1 Å². The predicted molar refractivity (Wildman–Crippen MR) is 86.8 cm³/mol. The summed E-state index contributed by atoms with van der Waals surface area (Å²) in [5, 5.41) is 5.91. The molecule has 21 heavy (non-hydrogen) atoms. The number of benzene rings is 1. The zero-order chi connectivity index (χ0) is 15.7. The summed E-state index contributed by atoms with van der Waals surface area (Å²) in [6.45, 7) is 8.39. The van der Waals surface area contributed by atoms with Gasteiger partial charge in [0, 0.05) is 6.42 Å². The number of hydrogen-bond acceptors (Lipinski definition) is 3. The van der Waals surface area contributed by atoms with Crippen molar-refractivity contribution in [3.8, 4) is 5.75 Å². The van der Waals surface area contributed by atoms with Crippen molar-refractivity contribution >= 4 is 5.91 Å². The summed E-state index contributed by atoms with van der Waals surface area (Å²) in [6.07, 6.45) is 1.41. The predicted octanol–water partition coefficient (Wildman–Crippen LogP) is 2.48. The number of ether oxygens (including phenoxy) is 1. The fourth-order valence-electron chi connectivity index (χ4n) is 2.08. The van der Waals surface area contributed by atoms with Crippen LogP contribution >= 0.6 is 0 Å². The van der Waals surface area contributed by atoms with Crippen molar-refractivity contribution in [3.05, 3.63) is 29.8 Å². The van der Waals surface area contributed by atoms with Crippen molar-refractivity contribution in [3.63, 3.8) is 0 Å². The lowest BCUT2D eigenvalue weighted by Crippen LogP contribution is -2.28. The Morgan fingerprint density at radius 2 is 1.90 bits per heavy atom. The molecule has 0 spiro atoms. The van der Waals surface area contributed by atoms with Crippen molar-refractivity contribution < 1.29 is 9.53 Å². The van der Waals surface area contributed by atoms with Crippen molar-refractivity contribution in [2.75, 3.05) is 26.7 Å². The largest absolute Gasteiger partial charge is 0.491 e. The van der Waals surface area contributed by atoms with Crippen LogP contribution in [0.1, 0.15) is 39.2 Å². The van der Waals surface area contributed by atoms with E-state index in [2.05, 4.69) is 37.5 Å². The van der Waals surface area contributed by atoms with Crippen molar-refractivity contribution in [2.45, 2.75) is 39.0 Å². The minimum atomic E-state index is 0.0486. The molecule has 0 bridgehead atoms. The monoisotopic (exact) mass is 292 g/mol. The summed E-state index contributed by atoms with van der Waals surface area (Å²) in [7, 11) is 1.89. The van der Waals surface area contributed by atoms with Gasteiger partial charge >= 0.3 is 0 Å². The number of nitrogens with one attached hydrogen (secondary N) is 2. The molecule has 0 unspecified atom stereocenters. The summed E-state index contributed by atoms with van der Waals surface area (Å²) in [5.74, 6) is 0.979. The molecule has 0 aliphatic heterocycles. The number of hydrogen-bond donors (Lipinski definition) is 2. The molecule has 1 amide bonds. The Bertz CT molecular complexity index is 439. The second-order valence-electron chi connectivity index (χ2n) is 6.15. The molecule has 1 aromatic rings. The third kappa shape index (κ3) is 6.63. The first kappa shape index (κ1) is 17.5. The smallest absolute Gasteiger partial charge is 0.220 e. The van der Waals surface area contributed by atoms with E-state index in [9.17, 15) is 4.79 Å². The molecule has 1 rings (SSSR count). The average Bonchev–Trinajstić information content (AvgIpc) is 2.43. The molecule has 0 fully saturated rings. The van der Waals surface area contributed by atoms with Gasteiger partial charge in [0.15, 0.2) is 0 Å². The van der Waals surface area contributed by atoms with Gasteiger partial charge in [-0.2, -0.15) is 0 Å². The minimum absolute atomic E-state index is 0.0486. The van der Waals surface area contributed by atoms with Crippen molar-refractivity contribution in [1.29, 1.82) is 0 Å². The number of amides is 1. The molecular weight excluding hydrogens is 264 g/mol. The number of carbonyl (C=O) groups is 1. The van der Waals surface area contributed by atoms with Crippen molar-refractivity contribution in [2.24, 2.45) is 0 Å². The van der Waals surface area contributed by atoms with Crippen LogP contribution in [0.3, 0.4) is 0 Å². The van der Waals surface area contributed by atoms with E-state index in [1.165, 1.54) is 5.56 Å². The molecule has 0 saturated carbocycles. The molecule has 0 atom stereocenters. The Balaban J connectivity index is 2.35. The molecule has 4 nitrogen and oxygen atoms in total.